The maximum atomic E-state index is 12.5. The summed E-state index contributed by atoms with van der Waals surface area (Å²) in [5, 5.41) is 0.961. The molecular weight excluding hydrogens is 361 g/mol. The zero-order chi connectivity index (χ0) is 14.6. The number of aromatic nitrogens is 1. The Balaban J connectivity index is 0.00000144. The first-order valence-electron chi connectivity index (χ1n) is 6.84. The molecule has 2 aromatic rings. The van der Waals surface area contributed by atoms with E-state index < -0.39 is 0 Å². The normalized spacial score (nSPS) is 17.9. The Hall–Kier alpha value is -0.870. The van der Waals surface area contributed by atoms with Crippen LogP contribution in [0, 0.1) is 0 Å². The number of benzene rings is 1. The third-order valence-corrected chi connectivity index (χ3v) is 5.80. The number of Topliss-reactive ketones (excluding diaryl/α,β-unsaturated/α-hetero) is 1. The fourth-order valence-corrected chi connectivity index (χ4v) is 4.85. The molecule has 0 saturated heterocycles. The number of carbonyl (C=O) groups is 1. The number of thiazole rings is 1. The average Bonchev–Trinajstić information content (AvgIpc) is 2.96. The monoisotopic (exact) mass is 371 g/mol. The molecule has 0 amide bonds. The van der Waals surface area contributed by atoms with E-state index in [-0.39, 0.29) is 18.2 Å². The Morgan fingerprint density at radius 2 is 2.18 bits per heavy atom. The summed E-state index contributed by atoms with van der Waals surface area (Å²) in [6.45, 7) is 0.331. The highest BCUT2D eigenvalue weighted by Gasteiger charge is 2.44. The Morgan fingerprint density at radius 3 is 2.95 bits per heavy atom. The fraction of sp³-hybridized carbons (Fsp3) is 0.250. The molecule has 1 heterocycles. The molecule has 1 unspecified atom stereocenters. The first kappa shape index (κ1) is 16.0. The van der Waals surface area contributed by atoms with Gasteiger partial charge in [-0.05, 0) is 31.0 Å². The molecule has 0 N–H and O–H groups in total. The smallest absolute Gasteiger partial charge is 0.229 e. The molecule has 4 rings (SSSR count). The van der Waals surface area contributed by atoms with Gasteiger partial charge in [-0.15, -0.1) is 0 Å². The van der Waals surface area contributed by atoms with Crippen LogP contribution in [0.1, 0.15) is 39.7 Å². The fourth-order valence-electron chi connectivity index (χ4n) is 3.16. The number of fused-ring (bicyclic) bond motifs is 4. The van der Waals surface area contributed by atoms with Crippen molar-refractivity contribution in [3.63, 3.8) is 0 Å². The van der Waals surface area contributed by atoms with Crippen molar-refractivity contribution < 1.29 is 21.8 Å². The first-order chi connectivity index (χ1) is 10.1. The number of carbonyl (C=O) groups excluding carboxylic acids is 1. The van der Waals surface area contributed by atoms with Crippen molar-refractivity contribution >= 4 is 45.9 Å². The van der Waals surface area contributed by atoms with Gasteiger partial charge in [-0.1, -0.05) is 40.6 Å². The molecule has 6 heteroatoms. The van der Waals surface area contributed by atoms with Crippen LogP contribution in [0.25, 0.3) is 5.57 Å². The van der Waals surface area contributed by atoms with Crippen molar-refractivity contribution in [2.24, 2.45) is 0 Å². The maximum absolute atomic E-state index is 12.5. The third kappa shape index (κ3) is 2.41. The highest BCUT2D eigenvalue weighted by Crippen LogP contribution is 2.52. The van der Waals surface area contributed by atoms with E-state index in [1.165, 1.54) is 22.6 Å². The molecule has 114 valence electrons. The lowest BCUT2D eigenvalue weighted by molar-refractivity contribution is -0.682. The standard InChI is InChI=1S/C16H12Cl2NOS.ClH/c17-9-4-5-12(13(18)6-9)14(20)7-19-8-21-16-11-3-1-2-10(11)15(16)19;/h2,4-6,8,11H,1,3,7H2;1H/q+1;/p-1. The summed E-state index contributed by atoms with van der Waals surface area (Å²) in [7, 11) is 0. The van der Waals surface area contributed by atoms with Gasteiger partial charge in [0.05, 0.1) is 9.90 Å². The quantitative estimate of drug-likeness (QED) is 0.591. The van der Waals surface area contributed by atoms with Crippen LogP contribution in [-0.2, 0) is 6.54 Å². The largest absolute Gasteiger partial charge is 1.00 e. The highest BCUT2D eigenvalue weighted by atomic mass is 35.5. The van der Waals surface area contributed by atoms with Crippen LogP contribution in [-0.4, -0.2) is 5.78 Å². The van der Waals surface area contributed by atoms with E-state index in [9.17, 15) is 4.79 Å². The minimum Gasteiger partial charge on any atom is -1.00 e. The zero-order valence-corrected chi connectivity index (χ0v) is 14.6. The molecule has 1 aromatic carbocycles. The minimum absolute atomic E-state index is 0. The Morgan fingerprint density at radius 1 is 1.36 bits per heavy atom. The zero-order valence-electron chi connectivity index (χ0n) is 11.5. The predicted molar refractivity (Wildman–Crippen MR) is 85.3 cm³/mol. The lowest BCUT2D eigenvalue weighted by Crippen LogP contribution is -3.00. The van der Waals surface area contributed by atoms with Crippen LogP contribution in [0.3, 0.4) is 0 Å². The van der Waals surface area contributed by atoms with Gasteiger partial charge in [0.2, 0.25) is 23.5 Å². The third-order valence-electron chi connectivity index (χ3n) is 4.16. The SMILES string of the molecule is O=C(C[n+]1csc2c1C1=CCCC12)c1ccc(Cl)cc1Cl.[Cl-]. The van der Waals surface area contributed by atoms with Gasteiger partial charge in [-0.25, -0.2) is 0 Å². The number of ketones is 1. The topological polar surface area (TPSA) is 20.9 Å². The number of allylic oxidation sites excluding steroid dienone is 2. The average molecular weight is 373 g/mol. The Labute approximate surface area is 148 Å². The molecule has 2 nitrogen and oxygen atoms in total. The van der Waals surface area contributed by atoms with Crippen molar-refractivity contribution in [2.75, 3.05) is 0 Å². The van der Waals surface area contributed by atoms with E-state index in [0.717, 1.165) is 6.42 Å². The first-order valence-corrected chi connectivity index (χ1v) is 8.48. The molecule has 2 aliphatic rings. The van der Waals surface area contributed by atoms with Gasteiger partial charge < -0.3 is 12.4 Å². The highest BCUT2D eigenvalue weighted by molar-refractivity contribution is 7.10. The van der Waals surface area contributed by atoms with Crippen LogP contribution < -0.4 is 17.0 Å². The lowest BCUT2D eigenvalue weighted by atomic mass is 9.84. The number of halogens is 3. The maximum Gasteiger partial charge on any atom is 0.229 e. The van der Waals surface area contributed by atoms with E-state index >= 15 is 0 Å². The van der Waals surface area contributed by atoms with Crippen LogP contribution in [0.5, 0.6) is 0 Å². The van der Waals surface area contributed by atoms with Crippen LogP contribution in [0.2, 0.25) is 10.0 Å². The Bertz CT molecular complexity index is 797. The summed E-state index contributed by atoms with van der Waals surface area (Å²) in [6.07, 6.45) is 4.67. The van der Waals surface area contributed by atoms with E-state index in [2.05, 4.69) is 10.6 Å². The summed E-state index contributed by atoms with van der Waals surface area (Å²) in [4.78, 5) is 13.9. The number of nitrogens with zero attached hydrogens (tertiary/aromatic N) is 1. The summed E-state index contributed by atoms with van der Waals surface area (Å²) in [6, 6.07) is 5.01. The second kappa shape index (κ2) is 5.97. The van der Waals surface area contributed by atoms with E-state index in [1.54, 1.807) is 29.5 Å². The van der Waals surface area contributed by atoms with Crippen molar-refractivity contribution in [3.8, 4) is 0 Å². The van der Waals surface area contributed by atoms with Gasteiger partial charge in [-0.2, -0.15) is 4.57 Å². The van der Waals surface area contributed by atoms with Crippen molar-refractivity contribution in [1.29, 1.82) is 0 Å². The molecule has 2 aliphatic carbocycles. The van der Waals surface area contributed by atoms with Gasteiger partial charge in [-0.3, -0.25) is 4.79 Å². The molecule has 0 saturated carbocycles. The van der Waals surface area contributed by atoms with E-state index in [4.69, 9.17) is 23.2 Å². The number of hydrogen-bond acceptors (Lipinski definition) is 2. The van der Waals surface area contributed by atoms with Crippen LogP contribution >= 0.6 is 34.5 Å². The molecular formula is C16H12Cl3NOS. The van der Waals surface area contributed by atoms with Crippen molar-refractivity contribution in [2.45, 2.75) is 25.3 Å². The summed E-state index contributed by atoms with van der Waals surface area (Å²) >= 11 is 13.7. The summed E-state index contributed by atoms with van der Waals surface area (Å²) in [5.74, 6) is 0.643. The van der Waals surface area contributed by atoms with Crippen molar-refractivity contribution in [3.05, 3.63) is 56.0 Å². The second-order valence-corrected chi connectivity index (χ2v) is 7.13. The summed E-state index contributed by atoms with van der Waals surface area (Å²) in [5.41, 5.74) is 5.25. The molecule has 0 bridgehead atoms. The predicted octanol–water partition coefficient (Wildman–Crippen LogP) is 1.50. The molecule has 22 heavy (non-hydrogen) atoms. The molecule has 0 radical (unpaired) electrons. The number of rotatable bonds is 3. The second-order valence-electron chi connectivity index (χ2n) is 5.40. The van der Waals surface area contributed by atoms with Crippen LogP contribution in [0.15, 0.2) is 29.8 Å². The Kier molecular flexibility index (Phi) is 4.34. The van der Waals surface area contributed by atoms with Gasteiger partial charge in [0, 0.05) is 22.1 Å². The molecule has 0 aliphatic heterocycles. The molecule has 0 fully saturated rings. The van der Waals surface area contributed by atoms with Crippen LogP contribution in [0.4, 0.5) is 0 Å². The van der Waals surface area contributed by atoms with Crippen molar-refractivity contribution in [1.82, 2.24) is 0 Å². The lowest BCUT2D eigenvalue weighted by Gasteiger charge is -2.20. The van der Waals surface area contributed by atoms with Gasteiger partial charge in [0.15, 0.2) is 0 Å². The summed E-state index contributed by atoms with van der Waals surface area (Å²) < 4.78 is 2.06. The van der Waals surface area contributed by atoms with E-state index in [0.29, 0.717) is 28.1 Å². The minimum atomic E-state index is 0. The van der Waals surface area contributed by atoms with Gasteiger partial charge in [0.1, 0.15) is 0 Å². The molecule has 1 atom stereocenters. The molecule has 0 spiro atoms. The number of hydrogen-bond donors (Lipinski definition) is 0. The van der Waals surface area contributed by atoms with Gasteiger partial charge in [0.25, 0.3) is 0 Å². The van der Waals surface area contributed by atoms with Gasteiger partial charge >= 0.3 is 0 Å². The molecule has 1 aromatic heterocycles. The van der Waals surface area contributed by atoms with E-state index in [1.807, 2.05) is 5.51 Å².